The molecule has 3 aromatic carbocycles. The van der Waals surface area contributed by atoms with Gasteiger partial charge in [-0.2, -0.15) is 5.11 Å². The quantitative estimate of drug-likeness (QED) is 0.456. The molecule has 0 spiro atoms. The first-order chi connectivity index (χ1) is 11.8. The van der Waals surface area contributed by atoms with E-state index < -0.39 is 0 Å². The van der Waals surface area contributed by atoms with Gasteiger partial charge in [0.05, 0.1) is 5.69 Å². The van der Waals surface area contributed by atoms with Crippen molar-refractivity contribution in [3.05, 3.63) is 78.9 Å². The van der Waals surface area contributed by atoms with Gasteiger partial charge in [0.2, 0.25) is 0 Å². The van der Waals surface area contributed by atoms with Gasteiger partial charge in [0.1, 0.15) is 5.76 Å². The highest BCUT2D eigenvalue weighted by atomic mass is 16.5. The minimum atomic E-state index is -0.238. The largest absolute Gasteiger partial charge is 0.479 e. The van der Waals surface area contributed by atoms with Gasteiger partial charge in [0, 0.05) is 11.6 Å². The van der Waals surface area contributed by atoms with Crippen molar-refractivity contribution in [2.45, 2.75) is 0 Å². The summed E-state index contributed by atoms with van der Waals surface area (Å²) in [6, 6.07) is 25.0. The Balaban J connectivity index is 1.74. The molecule has 1 heterocycles. The van der Waals surface area contributed by atoms with Gasteiger partial charge in [-0.3, -0.25) is 0 Å². The van der Waals surface area contributed by atoms with Gasteiger partial charge < -0.3 is 9.52 Å². The summed E-state index contributed by atoms with van der Waals surface area (Å²) in [5.41, 5.74) is 1.93. The lowest BCUT2D eigenvalue weighted by Crippen LogP contribution is -1.77. The lowest BCUT2D eigenvalue weighted by Gasteiger charge is -2.02. The lowest BCUT2D eigenvalue weighted by atomic mass is 10.0. The van der Waals surface area contributed by atoms with Crippen molar-refractivity contribution in [3.8, 4) is 17.3 Å². The minimum absolute atomic E-state index is 0.238. The fourth-order valence-corrected chi connectivity index (χ4v) is 2.62. The smallest absolute Gasteiger partial charge is 0.311 e. The Kier molecular flexibility index (Phi) is 3.56. The Morgan fingerprint density at radius 3 is 2.38 bits per heavy atom. The molecule has 0 aliphatic carbocycles. The van der Waals surface area contributed by atoms with E-state index in [4.69, 9.17) is 4.42 Å². The predicted molar refractivity (Wildman–Crippen MR) is 93.9 cm³/mol. The van der Waals surface area contributed by atoms with Gasteiger partial charge in [-0.1, -0.05) is 60.7 Å². The van der Waals surface area contributed by atoms with E-state index >= 15 is 0 Å². The van der Waals surface area contributed by atoms with Crippen LogP contribution >= 0.6 is 0 Å². The SMILES string of the molecule is Oc1oc(-c2cccc3ccccc23)cc1N=Nc1ccccc1. The molecule has 0 amide bonds. The lowest BCUT2D eigenvalue weighted by molar-refractivity contribution is 0.339. The molecule has 0 saturated heterocycles. The van der Waals surface area contributed by atoms with Gasteiger partial charge in [-0.25, -0.2) is 0 Å². The molecule has 4 aromatic rings. The average molecular weight is 314 g/mol. The van der Waals surface area contributed by atoms with E-state index in [0.29, 0.717) is 17.1 Å². The van der Waals surface area contributed by atoms with Crippen molar-refractivity contribution < 1.29 is 9.52 Å². The molecule has 0 radical (unpaired) electrons. The fraction of sp³-hybridized carbons (Fsp3) is 0. The highest BCUT2D eigenvalue weighted by Crippen LogP contribution is 2.39. The standard InChI is InChI=1S/C20H14N2O2/c23-20-18(22-21-15-9-2-1-3-10-15)13-19(24-20)17-12-6-8-14-7-4-5-11-16(14)17/h1-13,23H. The Morgan fingerprint density at radius 2 is 1.50 bits per heavy atom. The molecule has 0 fully saturated rings. The van der Waals surface area contributed by atoms with Crippen LogP contribution in [0, 0.1) is 0 Å². The average Bonchev–Trinajstić information content (AvgIpc) is 3.01. The van der Waals surface area contributed by atoms with Crippen LogP contribution in [0.1, 0.15) is 0 Å². The molecule has 0 bridgehead atoms. The molecular formula is C20H14N2O2. The van der Waals surface area contributed by atoms with Crippen LogP contribution in [-0.4, -0.2) is 5.11 Å². The molecular weight excluding hydrogens is 300 g/mol. The number of nitrogens with zero attached hydrogens (tertiary/aromatic N) is 2. The van der Waals surface area contributed by atoms with Crippen LogP contribution in [0.3, 0.4) is 0 Å². The molecule has 0 saturated carbocycles. The topological polar surface area (TPSA) is 58.1 Å². The number of azo groups is 1. The second-order valence-electron chi connectivity index (χ2n) is 5.36. The highest BCUT2D eigenvalue weighted by molar-refractivity contribution is 5.95. The summed E-state index contributed by atoms with van der Waals surface area (Å²) < 4.78 is 5.50. The third-order valence-corrected chi connectivity index (χ3v) is 3.78. The van der Waals surface area contributed by atoms with Crippen LogP contribution in [-0.2, 0) is 0 Å². The van der Waals surface area contributed by atoms with Crippen molar-refractivity contribution in [3.63, 3.8) is 0 Å². The fourth-order valence-electron chi connectivity index (χ4n) is 2.62. The minimum Gasteiger partial charge on any atom is -0.479 e. The number of hydrogen-bond donors (Lipinski definition) is 1. The van der Waals surface area contributed by atoms with Gasteiger partial charge in [0.15, 0.2) is 5.69 Å². The predicted octanol–water partition coefficient (Wildman–Crippen LogP) is 6.22. The second kappa shape index (κ2) is 6.01. The first kappa shape index (κ1) is 14.2. The van der Waals surface area contributed by atoms with Gasteiger partial charge in [-0.05, 0) is 22.9 Å². The molecule has 4 nitrogen and oxygen atoms in total. The van der Waals surface area contributed by atoms with Crippen molar-refractivity contribution in [2.75, 3.05) is 0 Å². The summed E-state index contributed by atoms with van der Waals surface area (Å²) in [6.07, 6.45) is 0. The summed E-state index contributed by atoms with van der Waals surface area (Å²) in [5, 5.41) is 20.4. The van der Waals surface area contributed by atoms with E-state index in [1.165, 1.54) is 0 Å². The zero-order valence-corrected chi connectivity index (χ0v) is 12.8. The Hall–Kier alpha value is -3.40. The molecule has 4 heteroatoms. The third kappa shape index (κ3) is 2.65. The van der Waals surface area contributed by atoms with Crippen molar-refractivity contribution >= 4 is 22.1 Å². The molecule has 24 heavy (non-hydrogen) atoms. The van der Waals surface area contributed by atoms with E-state index in [-0.39, 0.29) is 5.95 Å². The summed E-state index contributed by atoms with van der Waals surface area (Å²) in [5.74, 6) is 0.323. The monoisotopic (exact) mass is 314 g/mol. The maximum absolute atomic E-state index is 10.0. The normalized spacial score (nSPS) is 11.3. The van der Waals surface area contributed by atoms with Gasteiger partial charge in [-0.15, -0.1) is 5.11 Å². The number of benzene rings is 3. The summed E-state index contributed by atoms with van der Waals surface area (Å²) in [7, 11) is 0. The number of furan rings is 1. The number of rotatable bonds is 3. The summed E-state index contributed by atoms with van der Waals surface area (Å²) in [6.45, 7) is 0. The molecule has 0 aliphatic heterocycles. The second-order valence-corrected chi connectivity index (χ2v) is 5.36. The summed E-state index contributed by atoms with van der Waals surface area (Å²) >= 11 is 0. The number of hydrogen-bond acceptors (Lipinski definition) is 4. The van der Waals surface area contributed by atoms with E-state index in [1.807, 2.05) is 72.8 Å². The van der Waals surface area contributed by atoms with E-state index in [0.717, 1.165) is 16.3 Å². The van der Waals surface area contributed by atoms with Crippen LogP contribution in [0.25, 0.3) is 22.1 Å². The van der Waals surface area contributed by atoms with Crippen LogP contribution < -0.4 is 0 Å². The first-order valence-electron chi connectivity index (χ1n) is 7.59. The van der Waals surface area contributed by atoms with Gasteiger partial charge in [0.25, 0.3) is 0 Å². The maximum atomic E-state index is 10.0. The van der Waals surface area contributed by atoms with E-state index in [2.05, 4.69) is 10.2 Å². The summed E-state index contributed by atoms with van der Waals surface area (Å²) in [4.78, 5) is 0. The van der Waals surface area contributed by atoms with Crippen LogP contribution in [0.4, 0.5) is 11.4 Å². The Labute approximate surface area is 138 Å². The Morgan fingerprint density at radius 1 is 0.750 bits per heavy atom. The zero-order chi connectivity index (χ0) is 16.4. The molecule has 1 N–H and O–H groups in total. The van der Waals surface area contributed by atoms with Crippen molar-refractivity contribution in [1.82, 2.24) is 0 Å². The third-order valence-electron chi connectivity index (χ3n) is 3.78. The van der Waals surface area contributed by atoms with Crippen molar-refractivity contribution in [2.24, 2.45) is 10.2 Å². The van der Waals surface area contributed by atoms with Gasteiger partial charge >= 0.3 is 5.95 Å². The molecule has 0 unspecified atom stereocenters. The Bertz CT molecular complexity index is 1010. The molecule has 1 aromatic heterocycles. The van der Waals surface area contributed by atoms with E-state index in [9.17, 15) is 5.11 Å². The highest BCUT2D eigenvalue weighted by Gasteiger charge is 2.13. The maximum Gasteiger partial charge on any atom is 0.311 e. The number of fused-ring (bicyclic) bond motifs is 1. The number of aromatic hydroxyl groups is 1. The van der Waals surface area contributed by atoms with Crippen molar-refractivity contribution in [1.29, 1.82) is 0 Å². The first-order valence-corrected chi connectivity index (χ1v) is 7.59. The molecule has 0 atom stereocenters. The van der Waals surface area contributed by atoms with Crippen LogP contribution in [0.5, 0.6) is 5.95 Å². The van der Waals surface area contributed by atoms with Crippen LogP contribution in [0.15, 0.2) is 93.5 Å². The molecule has 0 aliphatic rings. The van der Waals surface area contributed by atoms with Crippen LogP contribution in [0.2, 0.25) is 0 Å². The van der Waals surface area contributed by atoms with E-state index in [1.54, 1.807) is 6.07 Å². The molecule has 116 valence electrons. The molecule has 4 rings (SSSR count). The zero-order valence-electron chi connectivity index (χ0n) is 12.8.